The van der Waals surface area contributed by atoms with Crippen molar-refractivity contribution in [1.82, 2.24) is 0 Å². The third kappa shape index (κ3) is 2.78. The smallest absolute Gasteiger partial charge is 0.273 e. The van der Waals surface area contributed by atoms with Crippen LogP contribution in [0.3, 0.4) is 0 Å². The van der Waals surface area contributed by atoms with Crippen LogP contribution in [0.1, 0.15) is 5.56 Å². The molecule has 0 aliphatic heterocycles. The fraction of sp³-hybridized carbons (Fsp3) is 0.200. The lowest BCUT2D eigenvalue weighted by molar-refractivity contribution is -0.384. The van der Waals surface area contributed by atoms with Gasteiger partial charge in [0, 0.05) is 18.2 Å². The Bertz CT molecular complexity index is 388. The van der Waals surface area contributed by atoms with Crippen LogP contribution in [0.15, 0.2) is 24.3 Å². The van der Waals surface area contributed by atoms with Crippen LogP contribution in [0, 0.1) is 10.1 Å². The zero-order chi connectivity index (χ0) is 11.3. The van der Waals surface area contributed by atoms with Crippen LogP contribution in [0.5, 0.6) is 5.75 Å². The van der Waals surface area contributed by atoms with Crippen molar-refractivity contribution in [3.63, 3.8) is 0 Å². The van der Waals surface area contributed by atoms with Crippen molar-refractivity contribution in [2.75, 3.05) is 13.7 Å². The Morgan fingerprint density at radius 1 is 1.60 bits per heavy atom. The van der Waals surface area contributed by atoms with Gasteiger partial charge in [-0.2, -0.15) is 0 Å². The number of nitro benzene ring substituents is 1. The average Bonchev–Trinajstić information content (AvgIpc) is 2.25. The second-order valence-corrected chi connectivity index (χ2v) is 2.82. The summed E-state index contributed by atoms with van der Waals surface area (Å²) in [5.74, 6) is 0.467. The Labute approximate surface area is 87.3 Å². The highest BCUT2D eigenvalue weighted by atomic mass is 16.6. The minimum Gasteiger partial charge on any atom is -0.496 e. The van der Waals surface area contributed by atoms with Gasteiger partial charge < -0.3 is 10.5 Å². The molecule has 0 radical (unpaired) electrons. The van der Waals surface area contributed by atoms with Gasteiger partial charge in [0.25, 0.3) is 5.69 Å². The van der Waals surface area contributed by atoms with Crippen molar-refractivity contribution in [2.24, 2.45) is 5.73 Å². The average molecular weight is 208 g/mol. The standard InChI is InChI=1S/C10H12N2O3/c1-15-10-7-9(12(13)14)5-4-8(10)3-2-6-11/h2-5,7H,6,11H2,1H3/b3-2+. The molecular weight excluding hydrogens is 196 g/mol. The van der Waals surface area contributed by atoms with Gasteiger partial charge in [0.15, 0.2) is 0 Å². The number of nitro groups is 1. The number of methoxy groups -OCH3 is 1. The summed E-state index contributed by atoms with van der Waals surface area (Å²) in [6, 6.07) is 4.44. The van der Waals surface area contributed by atoms with Crippen molar-refractivity contribution in [1.29, 1.82) is 0 Å². The van der Waals surface area contributed by atoms with Gasteiger partial charge in [-0.05, 0) is 6.07 Å². The molecule has 0 bridgehead atoms. The molecule has 0 spiro atoms. The molecule has 0 heterocycles. The fourth-order valence-electron chi connectivity index (χ4n) is 1.15. The summed E-state index contributed by atoms with van der Waals surface area (Å²) in [4.78, 5) is 10.0. The molecule has 1 rings (SSSR count). The Kier molecular flexibility index (Phi) is 3.82. The molecule has 2 N–H and O–H groups in total. The number of ether oxygens (including phenoxy) is 1. The quantitative estimate of drug-likeness (QED) is 0.601. The minimum atomic E-state index is -0.459. The van der Waals surface area contributed by atoms with Gasteiger partial charge in [0.2, 0.25) is 0 Å². The molecule has 0 amide bonds. The lowest BCUT2D eigenvalue weighted by Crippen LogP contribution is -1.94. The van der Waals surface area contributed by atoms with Gasteiger partial charge in [-0.1, -0.05) is 12.2 Å². The summed E-state index contributed by atoms with van der Waals surface area (Å²) in [5.41, 5.74) is 6.09. The molecule has 0 saturated carbocycles. The van der Waals surface area contributed by atoms with Gasteiger partial charge in [-0.15, -0.1) is 0 Å². The molecule has 0 aliphatic rings. The Balaban J connectivity index is 3.09. The molecule has 5 nitrogen and oxygen atoms in total. The van der Waals surface area contributed by atoms with Crippen LogP contribution >= 0.6 is 0 Å². The molecule has 1 aromatic carbocycles. The van der Waals surface area contributed by atoms with E-state index in [0.717, 1.165) is 5.56 Å². The Morgan fingerprint density at radius 3 is 2.87 bits per heavy atom. The van der Waals surface area contributed by atoms with Crippen LogP contribution in [0.2, 0.25) is 0 Å². The van der Waals surface area contributed by atoms with Crippen molar-refractivity contribution in [3.05, 3.63) is 40.0 Å². The van der Waals surface area contributed by atoms with E-state index in [9.17, 15) is 10.1 Å². The van der Waals surface area contributed by atoms with E-state index in [0.29, 0.717) is 12.3 Å². The fourth-order valence-corrected chi connectivity index (χ4v) is 1.15. The molecule has 5 heteroatoms. The lowest BCUT2D eigenvalue weighted by Gasteiger charge is -2.03. The van der Waals surface area contributed by atoms with Crippen LogP contribution in [-0.2, 0) is 0 Å². The maximum Gasteiger partial charge on any atom is 0.273 e. The van der Waals surface area contributed by atoms with E-state index in [1.54, 1.807) is 18.2 Å². The monoisotopic (exact) mass is 208 g/mol. The van der Waals surface area contributed by atoms with Crippen molar-refractivity contribution >= 4 is 11.8 Å². The molecule has 0 atom stereocenters. The number of rotatable bonds is 4. The highest BCUT2D eigenvalue weighted by molar-refractivity contribution is 5.60. The van der Waals surface area contributed by atoms with Crippen LogP contribution in [-0.4, -0.2) is 18.6 Å². The normalized spacial score (nSPS) is 10.5. The van der Waals surface area contributed by atoms with Gasteiger partial charge in [0.05, 0.1) is 18.1 Å². The molecule has 0 aliphatic carbocycles. The SMILES string of the molecule is COc1cc([N+](=O)[O-])ccc1/C=C/CN. The number of nitrogens with two attached hydrogens (primary N) is 1. The minimum absolute atomic E-state index is 0.0109. The predicted octanol–water partition coefficient (Wildman–Crippen LogP) is 1.58. The van der Waals surface area contributed by atoms with Gasteiger partial charge in [-0.3, -0.25) is 10.1 Å². The first kappa shape index (κ1) is 11.2. The summed E-state index contributed by atoms with van der Waals surface area (Å²) in [5, 5.41) is 10.5. The second-order valence-electron chi connectivity index (χ2n) is 2.82. The largest absolute Gasteiger partial charge is 0.496 e. The van der Waals surface area contributed by atoms with E-state index >= 15 is 0 Å². The molecule has 0 unspecified atom stereocenters. The molecule has 0 aromatic heterocycles. The highest BCUT2D eigenvalue weighted by Gasteiger charge is 2.09. The topological polar surface area (TPSA) is 78.4 Å². The van der Waals surface area contributed by atoms with Gasteiger partial charge in [0.1, 0.15) is 5.75 Å². The Hall–Kier alpha value is -1.88. The molecule has 1 aromatic rings. The summed E-state index contributed by atoms with van der Waals surface area (Å²) in [6.45, 7) is 0.417. The number of hydrogen-bond acceptors (Lipinski definition) is 4. The van der Waals surface area contributed by atoms with E-state index in [-0.39, 0.29) is 5.69 Å². The lowest BCUT2D eigenvalue weighted by atomic mass is 10.1. The molecular formula is C10H12N2O3. The van der Waals surface area contributed by atoms with E-state index < -0.39 is 4.92 Å². The van der Waals surface area contributed by atoms with Crippen molar-refractivity contribution in [2.45, 2.75) is 0 Å². The summed E-state index contributed by atoms with van der Waals surface area (Å²) < 4.78 is 5.04. The zero-order valence-corrected chi connectivity index (χ0v) is 8.34. The summed E-state index contributed by atoms with van der Waals surface area (Å²) in [7, 11) is 1.47. The molecule has 80 valence electrons. The first-order valence-corrected chi connectivity index (χ1v) is 4.38. The Morgan fingerprint density at radius 2 is 2.33 bits per heavy atom. The van der Waals surface area contributed by atoms with Crippen LogP contribution < -0.4 is 10.5 Å². The van der Waals surface area contributed by atoms with E-state index in [1.807, 2.05) is 0 Å². The first-order chi connectivity index (χ1) is 7.19. The summed E-state index contributed by atoms with van der Waals surface area (Å²) >= 11 is 0. The van der Waals surface area contributed by atoms with Gasteiger partial charge >= 0.3 is 0 Å². The molecule has 0 fully saturated rings. The second kappa shape index (κ2) is 5.11. The molecule has 15 heavy (non-hydrogen) atoms. The predicted molar refractivity (Wildman–Crippen MR) is 57.7 cm³/mol. The maximum absolute atomic E-state index is 10.5. The van der Waals surface area contributed by atoms with E-state index in [1.165, 1.54) is 19.2 Å². The third-order valence-corrected chi connectivity index (χ3v) is 1.86. The number of hydrogen-bond donors (Lipinski definition) is 1. The zero-order valence-electron chi connectivity index (χ0n) is 8.34. The van der Waals surface area contributed by atoms with Crippen LogP contribution in [0.4, 0.5) is 5.69 Å². The maximum atomic E-state index is 10.5. The highest BCUT2D eigenvalue weighted by Crippen LogP contribution is 2.25. The first-order valence-electron chi connectivity index (χ1n) is 4.38. The summed E-state index contributed by atoms with van der Waals surface area (Å²) in [6.07, 6.45) is 3.52. The van der Waals surface area contributed by atoms with Crippen molar-refractivity contribution in [3.8, 4) is 5.75 Å². The van der Waals surface area contributed by atoms with E-state index in [4.69, 9.17) is 10.5 Å². The number of non-ortho nitro benzene ring substituents is 1. The van der Waals surface area contributed by atoms with Gasteiger partial charge in [-0.25, -0.2) is 0 Å². The number of benzene rings is 1. The van der Waals surface area contributed by atoms with Crippen LogP contribution in [0.25, 0.3) is 6.08 Å². The molecule has 0 saturated heterocycles. The van der Waals surface area contributed by atoms with E-state index in [2.05, 4.69) is 0 Å². The third-order valence-electron chi connectivity index (χ3n) is 1.86. The number of nitrogens with zero attached hydrogens (tertiary/aromatic N) is 1. The van der Waals surface area contributed by atoms with Crippen molar-refractivity contribution < 1.29 is 9.66 Å².